The van der Waals surface area contributed by atoms with E-state index in [1.807, 2.05) is 0 Å². The van der Waals surface area contributed by atoms with E-state index >= 15 is 0 Å². The Morgan fingerprint density at radius 3 is 2.69 bits per heavy atom. The molecule has 1 unspecified atom stereocenters. The number of hydrogen-bond donors (Lipinski definition) is 2. The lowest BCUT2D eigenvalue weighted by Crippen LogP contribution is -2.42. The van der Waals surface area contributed by atoms with E-state index < -0.39 is 0 Å². The average molecular weight is 225 g/mol. The molecule has 2 N–H and O–H groups in total. The van der Waals surface area contributed by atoms with E-state index in [-0.39, 0.29) is 24.3 Å². The summed E-state index contributed by atoms with van der Waals surface area (Å²) in [6.45, 7) is 1.83. The van der Waals surface area contributed by atoms with E-state index in [2.05, 4.69) is 10.6 Å². The molecule has 2 rings (SSSR count). The molecule has 1 aliphatic heterocycles. The first-order valence-electron chi connectivity index (χ1n) is 5.92. The van der Waals surface area contributed by atoms with Crippen LogP contribution in [0.3, 0.4) is 0 Å². The summed E-state index contributed by atoms with van der Waals surface area (Å²) < 4.78 is 0. The monoisotopic (exact) mass is 225 g/mol. The van der Waals surface area contributed by atoms with Crippen LogP contribution in [0.2, 0.25) is 0 Å². The molecule has 0 bridgehead atoms. The number of nitrogens with zero attached hydrogens (tertiary/aromatic N) is 1. The Hall–Kier alpha value is -1.10. The van der Waals surface area contributed by atoms with Crippen LogP contribution in [0.4, 0.5) is 0 Å². The van der Waals surface area contributed by atoms with Crippen LogP contribution in [-0.2, 0) is 9.59 Å². The van der Waals surface area contributed by atoms with Gasteiger partial charge in [0.1, 0.15) is 0 Å². The van der Waals surface area contributed by atoms with Gasteiger partial charge >= 0.3 is 0 Å². The molecule has 2 fully saturated rings. The van der Waals surface area contributed by atoms with E-state index in [1.165, 1.54) is 4.90 Å². The number of amides is 2. The Bertz CT molecular complexity index is 283. The Morgan fingerprint density at radius 2 is 2.12 bits per heavy atom. The molecule has 90 valence electrons. The van der Waals surface area contributed by atoms with Crippen molar-refractivity contribution in [2.45, 2.75) is 25.3 Å². The van der Waals surface area contributed by atoms with Crippen LogP contribution in [0.1, 0.15) is 19.3 Å². The number of carbonyl (C=O) groups is 2. The van der Waals surface area contributed by atoms with Crippen molar-refractivity contribution in [3.05, 3.63) is 0 Å². The van der Waals surface area contributed by atoms with Crippen molar-refractivity contribution in [2.75, 3.05) is 26.7 Å². The van der Waals surface area contributed by atoms with Gasteiger partial charge in [0.05, 0.1) is 12.5 Å². The molecule has 2 amide bonds. The number of hydrogen-bond acceptors (Lipinski definition) is 3. The van der Waals surface area contributed by atoms with Crippen LogP contribution in [0.15, 0.2) is 0 Å². The third-order valence-corrected chi connectivity index (χ3v) is 3.11. The predicted molar refractivity (Wildman–Crippen MR) is 59.8 cm³/mol. The average Bonchev–Trinajstić information content (AvgIpc) is 2.89. The second kappa shape index (κ2) is 4.82. The van der Waals surface area contributed by atoms with Crippen molar-refractivity contribution in [3.8, 4) is 0 Å². The van der Waals surface area contributed by atoms with Crippen LogP contribution in [0.5, 0.6) is 0 Å². The number of carbonyl (C=O) groups excluding carboxylic acids is 2. The maximum absolute atomic E-state index is 11.9. The van der Waals surface area contributed by atoms with Crippen molar-refractivity contribution in [1.29, 1.82) is 0 Å². The van der Waals surface area contributed by atoms with Crippen LogP contribution in [0.25, 0.3) is 0 Å². The lowest BCUT2D eigenvalue weighted by molar-refractivity contribution is -0.137. The molecule has 1 aliphatic carbocycles. The molecule has 5 heteroatoms. The fraction of sp³-hybridized carbons (Fsp3) is 0.818. The molecule has 0 spiro atoms. The largest absolute Gasteiger partial charge is 0.352 e. The summed E-state index contributed by atoms with van der Waals surface area (Å²) >= 11 is 0. The Labute approximate surface area is 95.6 Å². The molecule has 1 heterocycles. The lowest BCUT2D eigenvalue weighted by Gasteiger charge is -2.20. The summed E-state index contributed by atoms with van der Waals surface area (Å²) in [5, 5.41) is 6.04. The quantitative estimate of drug-likeness (QED) is 0.667. The highest BCUT2D eigenvalue weighted by molar-refractivity contribution is 5.86. The number of nitrogens with one attached hydrogen (secondary N) is 2. The summed E-state index contributed by atoms with van der Waals surface area (Å²) in [6, 6.07) is 0.365. The van der Waals surface area contributed by atoms with Gasteiger partial charge in [0.2, 0.25) is 11.8 Å². The molecule has 0 aromatic heterocycles. The normalized spacial score (nSPS) is 24.2. The van der Waals surface area contributed by atoms with Gasteiger partial charge in [-0.1, -0.05) is 0 Å². The molecule has 0 aromatic carbocycles. The third-order valence-electron chi connectivity index (χ3n) is 3.11. The Balaban J connectivity index is 1.74. The zero-order valence-corrected chi connectivity index (χ0v) is 9.66. The van der Waals surface area contributed by atoms with Gasteiger partial charge in [-0.05, 0) is 25.8 Å². The van der Waals surface area contributed by atoms with Gasteiger partial charge in [-0.2, -0.15) is 0 Å². The van der Waals surface area contributed by atoms with Crippen molar-refractivity contribution < 1.29 is 9.59 Å². The minimum atomic E-state index is -0.0377. The molecule has 2 aliphatic rings. The summed E-state index contributed by atoms with van der Waals surface area (Å²) in [7, 11) is 1.70. The summed E-state index contributed by atoms with van der Waals surface area (Å²) in [5.41, 5.74) is 0. The topological polar surface area (TPSA) is 61.4 Å². The van der Waals surface area contributed by atoms with Gasteiger partial charge in [0.25, 0.3) is 0 Å². The maximum Gasteiger partial charge on any atom is 0.239 e. The fourth-order valence-corrected chi connectivity index (χ4v) is 1.97. The number of rotatable bonds is 4. The van der Waals surface area contributed by atoms with Crippen molar-refractivity contribution in [2.24, 2.45) is 5.92 Å². The summed E-state index contributed by atoms with van der Waals surface area (Å²) in [4.78, 5) is 24.9. The Kier molecular flexibility index (Phi) is 3.43. The molecule has 16 heavy (non-hydrogen) atoms. The van der Waals surface area contributed by atoms with E-state index in [9.17, 15) is 9.59 Å². The van der Waals surface area contributed by atoms with Gasteiger partial charge in [0, 0.05) is 19.6 Å². The maximum atomic E-state index is 11.9. The van der Waals surface area contributed by atoms with Crippen LogP contribution in [-0.4, -0.2) is 49.4 Å². The van der Waals surface area contributed by atoms with Gasteiger partial charge in [-0.3, -0.25) is 9.59 Å². The second-order valence-electron chi connectivity index (χ2n) is 4.73. The van der Waals surface area contributed by atoms with Crippen LogP contribution in [0, 0.1) is 5.92 Å². The molecule has 0 aromatic rings. The number of likely N-dealkylation sites (N-methyl/N-ethyl adjacent to an activating group) is 1. The van der Waals surface area contributed by atoms with Gasteiger partial charge in [-0.15, -0.1) is 0 Å². The third kappa shape index (κ3) is 2.95. The second-order valence-corrected chi connectivity index (χ2v) is 4.73. The van der Waals surface area contributed by atoms with Crippen molar-refractivity contribution in [3.63, 3.8) is 0 Å². The fourth-order valence-electron chi connectivity index (χ4n) is 1.97. The van der Waals surface area contributed by atoms with Gasteiger partial charge < -0.3 is 15.5 Å². The SMILES string of the molecule is CN(CC(=O)NC1CC1)C(=O)C1CCNC1. The molecule has 0 radical (unpaired) electrons. The highest BCUT2D eigenvalue weighted by Crippen LogP contribution is 2.18. The molecule has 5 nitrogen and oxygen atoms in total. The highest BCUT2D eigenvalue weighted by Gasteiger charge is 2.28. The minimum Gasteiger partial charge on any atom is -0.352 e. The summed E-state index contributed by atoms with van der Waals surface area (Å²) in [6.07, 6.45) is 3.04. The predicted octanol–water partition coefficient (Wildman–Crippen LogP) is -0.667. The van der Waals surface area contributed by atoms with Gasteiger partial charge in [0.15, 0.2) is 0 Å². The van der Waals surface area contributed by atoms with E-state index in [0.717, 1.165) is 32.4 Å². The molecule has 1 atom stereocenters. The minimum absolute atomic E-state index is 0.0377. The van der Waals surface area contributed by atoms with Crippen LogP contribution < -0.4 is 10.6 Å². The van der Waals surface area contributed by atoms with E-state index in [4.69, 9.17) is 0 Å². The van der Waals surface area contributed by atoms with Crippen molar-refractivity contribution in [1.82, 2.24) is 15.5 Å². The van der Waals surface area contributed by atoms with E-state index in [1.54, 1.807) is 7.05 Å². The van der Waals surface area contributed by atoms with Gasteiger partial charge in [-0.25, -0.2) is 0 Å². The lowest BCUT2D eigenvalue weighted by atomic mass is 10.1. The zero-order chi connectivity index (χ0) is 11.5. The first kappa shape index (κ1) is 11.4. The molecular weight excluding hydrogens is 206 g/mol. The molecular formula is C11H19N3O2. The first-order valence-corrected chi connectivity index (χ1v) is 5.92. The molecule has 1 saturated heterocycles. The van der Waals surface area contributed by atoms with Crippen LogP contribution >= 0.6 is 0 Å². The van der Waals surface area contributed by atoms with Crippen molar-refractivity contribution >= 4 is 11.8 Å². The smallest absolute Gasteiger partial charge is 0.239 e. The Morgan fingerprint density at radius 1 is 1.38 bits per heavy atom. The zero-order valence-electron chi connectivity index (χ0n) is 9.66. The summed E-state index contributed by atoms with van der Waals surface area (Å²) in [5.74, 6) is 0.0963. The highest BCUT2D eigenvalue weighted by atomic mass is 16.2. The first-order chi connectivity index (χ1) is 7.66. The van der Waals surface area contributed by atoms with E-state index in [0.29, 0.717) is 6.04 Å². The molecule has 1 saturated carbocycles. The standard InChI is InChI=1S/C11H19N3O2/c1-14(7-10(15)13-9-2-3-9)11(16)8-4-5-12-6-8/h8-9,12H,2-7H2,1H3,(H,13,15).